The molecule has 1 amide bonds. The summed E-state index contributed by atoms with van der Waals surface area (Å²) < 4.78 is 40.3. The van der Waals surface area contributed by atoms with Crippen molar-refractivity contribution in [3.05, 3.63) is 68.9 Å². The number of likely N-dealkylation sites (tertiary alicyclic amines) is 1. The molecule has 0 radical (unpaired) electrons. The molecular formula is C19H16F3N5O3. The topological polar surface area (TPSA) is 101 Å². The molecule has 1 aromatic carbocycles. The summed E-state index contributed by atoms with van der Waals surface area (Å²) in [5, 5.41) is 0.0579. The molecule has 1 saturated heterocycles. The summed E-state index contributed by atoms with van der Waals surface area (Å²) in [4.78, 5) is 49.4. The van der Waals surface area contributed by atoms with Crippen molar-refractivity contribution < 1.29 is 18.0 Å². The number of aromatic amines is 1. The van der Waals surface area contributed by atoms with Gasteiger partial charge in [-0.15, -0.1) is 0 Å². The molecule has 1 unspecified atom stereocenters. The minimum absolute atomic E-state index is 0.0579. The molecule has 3 aromatic rings. The second-order valence-corrected chi connectivity index (χ2v) is 6.92. The third kappa shape index (κ3) is 3.58. The normalized spacial score (nSPS) is 16.9. The van der Waals surface area contributed by atoms with Gasteiger partial charge in [0.2, 0.25) is 0 Å². The van der Waals surface area contributed by atoms with Crippen molar-refractivity contribution in [1.29, 1.82) is 0 Å². The number of aromatic nitrogens is 4. The number of rotatable bonds is 3. The molecule has 1 fully saturated rings. The molecule has 0 aliphatic carbocycles. The maximum atomic E-state index is 13.2. The molecule has 1 aliphatic rings. The van der Waals surface area contributed by atoms with E-state index in [1.165, 1.54) is 29.4 Å². The van der Waals surface area contributed by atoms with E-state index in [2.05, 4.69) is 15.0 Å². The monoisotopic (exact) mass is 419 g/mol. The number of benzene rings is 1. The van der Waals surface area contributed by atoms with Crippen molar-refractivity contribution in [3.8, 4) is 0 Å². The second-order valence-electron chi connectivity index (χ2n) is 6.92. The van der Waals surface area contributed by atoms with Crippen LogP contribution in [0.1, 0.15) is 35.2 Å². The molecule has 11 heteroatoms. The molecule has 1 aliphatic heterocycles. The SMILES string of the molecule is O=C(c1ncc[nH]c1=O)N1CCCC1c1nc2ccccc2c(=O)n1CC(F)(F)F. The quantitative estimate of drug-likeness (QED) is 0.700. The Bertz CT molecular complexity index is 1230. The lowest BCUT2D eigenvalue weighted by molar-refractivity contribution is -0.141. The molecule has 0 spiro atoms. The molecule has 0 saturated carbocycles. The average molecular weight is 419 g/mol. The van der Waals surface area contributed by atoms with Crippen molar-refractivity contribution >= 4 is 16.8 Å². The Morgan fingerprint density at radius 3 is 2.73 bits per heavy atom. The number of amides is 1. The zero-order chi connectivity index (χ0) is 21.5. The standard InChI is InChI=1S/C19H16F3N5O3/c20-19(21,22)10-27-15(25-12-5-2-1-4-11(12)17(27)29)13-6-3-9-26(13)18(30)14-16(28)24-8-7-23-14/h1-2,4-5,7-8,13H,3,6,9-10H2,(H,24,28). The second kappa shape index (κ2) is 7.39. The fourth-order valence-corrected chi connectivity index (χ4v) is 3.69. The largest absolute Gasteiger partial charge is 0.406 e. The number of hydrogen-bond donors (Lipinski definition) is 1. The predicted octanol–water partition coefficient (Wildman–Crippen LogP) is 2.02. The Hall–Kier alpha value is -3.50. The van der Waals surface area contributed by atoms with Crippen LogP contribution in [0.15, 0.2) is 46.2 Å². The fraction of sp³-hybridized carbons (Fsp3) is 0.316. The van der Waals surface area contributed by atoms with Gasteiger partial charge in [-0.1, -0.05) is 12.1 Å². The lowest BCUT2D eigenvalue weighted by atomic mass is 10.1. The van der Waals surface area contributed by atoms with Gasteiger partial charge < -0.3 is 9.88 Å². The number of para-hydroxylation sites is 1. The average Bonchev–Trinajstić information content (AvgIpc) is 3.18. The van der Waals surface area contributed by atoms with Crippen molar-refractivity contribution in [2.45, 2.75) is 31.6 Å². The third-order valence-corrected chi connectivity index (χ3v) is 4.95. The van der Waals surface area contributed by atoms with Crippen molar-refractivity contribution in [1.82, 2.24) is 24.4 Å². The molecular weight excluding hydrogens is 403 g/mol. The van der Waals surface area contributed by atoms with Gasteiger partial charge in [0, 0.05) is 18.9 Å². The van der Waals surface area contributed by atoms with E-state index in [9.17, 15) is 27.6 Å². The molecule has 1 atom stereocenters. The molecule has 4 rings (SSSR count). The first-order valence-corrected chi connectivity index (χ1v) is 9.17. The molecule has 8 nitrogen and oxygen atoms in total. The number of halogens is 3. The summed E-state index contributed by atoms with van der Waals surface area (Å²) in [5.74, 6) is -0.880. The van der Waals surface area contributed by atoms with Crippen LogP contribution >= 0.6 is 0 Å². The van der Waals surface area contributed by atoms with Crippen LogP contribution in [-0.4, -0.2) is 43.0 Å². The van der Waals surface area contributed by atoms with Gasteiger partial charge >= 0.3 is 6.18 Å². The number of H-pyrrole nitrogens is 1. The van der Waals surface area contributed by atoms with Crippen LogP contribution in [0.4, 0.5) is 13.2 Å². The van der Waals surface area contributed by atoms with Gasteiger partial charge in [-0.05, 0) is 25.0 Å². The van der Waals surface area contributed by atoms with Gasteiger partial charge in [-0.3, -0.25) is 19.0 Å². The Morgan fingerprint density at radius 1 is 1.23 bits per heavy atom. The lowest BCUT2D eigenvalue weighted by Crippen LogP contribution is -2.39. The van der Waals surface area contributed by atoms with E-state index < -0.39 is 35.8 Å². The van der Waals surface area contributed by atoms with E-state index in [0.29, 0.717) is 17.4 Å². The van der Waals surface area contributed by atoms with E-state index in [1.54, 1.807) is 12.1 Å². The van der Waals surface area contributed by atoms with E-state index >= 15 is 0 Å². The predicted molar refractivity (Wildman–Crippen MR) is 99.9 cm³/mol. The number of carbonyl (C=O) groups excluding carboxylic acids is 1. The summed E-state index contributed by atoms with van der Waals surface area (Å²) >= 11 is 0. The molecule has 1 N–H and O–H groups in total. The number of nitrogens with one attached hydrogen (secondary N) is 1. The lowest BCUT2D eigenvalue weighted by Gasteiger charge is -2.26. The van der Waals surface area contributed by atoms with Crippen molar-refractivity contribution in [2.24, 2.45) is 0 Å². The first-order valence-electron chi connectivity index (χ1n) is 9.17. The zero-order valence-electron chi connectivity index (χ0n) is 15.5. The van der Waals surface area contributed by atoms with Crippen LogP contribution in [0.2, 0.25) is 0 Å². The number of alkyl halides is 3. The highest BCUT2D eigenvalue weighted by molar-refractivity contribution is 5.92. The van der Waals surface area contributed by atoms with E-state index in [-0.39, 0.29) is 29.0 Å². The Morgan fingerprint density at radius 2 is 2.00 bits per heavy atom. The fourth-order valence-electron chi connectivity index (χ4n) is 3.69. The van der Waals surface area contributed by atoms with Crippen molar-refractivity contribution in [2.75, 3.05) is 6.54 Å². The van der Waals surface area contributed by atoms with Crippen LogP contribution in [0.3, 0.4) is 0 Å². The minimum Gasteiger partial charge on any atom is -0.327 e. The van der Waals surface area contributed by atoms with Gasteiger partial charge in [-0.2, -0.15) is 13.2 Å². The van der Waals surface area contributed by atoms with Crippen molar-refractivity contribution in [3.63, 3.8) is 0 Å². The molecule has 0 bridgehead atoms. The van der Waals surface area contributed by atoms with Gasteiger partial charge in [0.15, 0.2) is 5.69 Å². The van der Waals surface area contributed by atoms with Crippen LogP contribution in [0.5, 0.6) is 0 Å². The van der Waals surface area contributed by atoms with Crippen LogP contribution in [0, 0.1) is 0 Å². The first-order chi connectivity index (χ1) is 14.3. The molecule has 2 aromatic heterocycles. The summed E-state index contributed by atoms with van der Waals surface area (Å²) in [7, 11) is 0. The first kappa shape index (κ1) is 19.8. The summed E-state index contributed by atoms with van der Waals surface area (Å²) in [6, 6.07) is 5.22. The molecule has 3 heterocycles. The Kier molecular flexibility index (Phi) is 4.88. The third-order valence-electron chi connectivity index (χ3n) is 4.95. The van der Waals surface area contributed by atoms with E-state index in [1.807, 2.05) is 0 Å². The highest BCUT2D eigenvalue weighted by Crippen LogP contribution is 2.33. The summed E-state index contributed by atoms with van der Waals surface area (Å²) in [5.41, 5.74) is -1.66. The Balaban J connectivity index is 1.86. The van der Waals surface area contributed by atoms with E-state index in [4.69, 9.17) is 0 Å². The van der Waals surface area contributed by atoms with Crippen LogP contribution in [-0.2, 0) is 6.54 Å². The van der Waals surface area contributed by atoms with Crippen LogP contribution < -0.4 is 11.1 Å². The molecule has 156 valence electrons. The Labute approximate surface area is 167 Å². The highest BCUT2D eigenvalue weighted by atomic mass is 19.4. The van der Waals surface area contributed by atoms with Gasteiger partial charge in [-0.25, -0.2) is 9.97 Å². The maximum Gasteiger partial charge on any atom is 0.406 e. The molecule has 30 heavy (non-hydrogen) atoms. The summed E-state index contributed by atoms with van der Waals surface area (Å²) in [6.45, 7) is -1.32. The highest BCUT2D eigenvalue weighted by Gasteiger charge is 2.38. The van der Waals surface area contributed by atoms with Gasteiger partial charge in [0.1, 0.15) is 12.4 Å². The number of hydrogen-bond acceptors (Lipinski definition) is 5. The van der Waals surface area contributed by atoms with Gasteiger partial charge in [0.05, 0.1) is 16.9 Å². The number of fused-ring (bicyclic) bond motifs is 1. The van der Waals surface area contributed by atoms with E-state index in [0.717, 1.165) is 0 Å². The number of nitrogens with zero attached hydrogens (tertiary/aromatic N) is 4. The summed E-state index contributed by atoms with van der Waals surface area (Å²) in [6.07, 6.45) is -1.36. The smallest absolute Gasteiger partial charge is 0.327 e. The number of carbonyl (C=O) groups is 1. The minimum atomic E-state index is -4.66. The van der Waals surface area contributed by atoms with Gasteiger partial charge in [0.25, 0.3) is 17.0 Å². The zero-order valence-corrected chi connectivity index (χ0v) is 15.5. The maximum absolute atomic E-state index is 13.2. The van der Waals surface area contributed by atoms with Crippen LogP contribution in [0.25, 0.3) is 10.9 Å².